The van der Waals surface area contributed by atoms with Crippen LogP contribution in [-0.4, -0.2) is 22.3 Å². The molecular weight excluding hydrogens is 261 g/mol. The van der Waals surface area contributed by atoms with Gasteiger partial charge in [0.25, 0.3) is 0 Å². The molecule has 0 aliphatic heterocycles. The van der Waals surface area contributed by atoms with Crippen LogP contribution in [0.1, 0.15) is 10.4 Å². The summed E-state index contributed by atoms with van der Waals surface area (Å²) in [5.74, 6) is -1.47. The number of nitrogens with zero attached hydrogens (tertiary/aromatic N) is 2. The first kappa shape index (κ1) is 13.0. The number of carbonyl (C=O) groups excluding carboxylic acids is 1. The average molecular weight is 268 g/mol. The monoisotopic (exact) mass is 268 g/mol. The molecule has 0 unspecified atom stereocenters. The predicted octanol–water partition coefficient (Wildman–Crippen LogP) is 2.82. The number of benzene rings is 1. The quantitative estimate of drug-likeness (QED) is 0.786. The van der Waals surface area contributed by atoms with E-state index in [1.54, 1.807) is 6.07 Å². The van der Waals surface area contributed by atoms with E-state index in [4.69, 9.17) is 0 Å². The number of halogens is 3. The van der Waals surface area contributed by atoms with Gasteiger partial charge in [0.15, 0.2) is 0 Å². The first-order chi connectivity index (χ1) is 8.97. The maximum absolute atomic E-state index is 12.1. The minimum atomic E-state index is -5.02. The van der Waals surface area contributed by atoms with Crippen LogP contribution in [0.25, 0.3) is 11.3 Å². The Bertz CT molecular complexity index is 585. The topological polar surface area (TPSA) is 52.1 Å². The van der Waals surface area contributed by atoms with Crippen molar-refractivity contribution in [1.29, 1.82) is 0 Å². The third-order valence-corrected chi connectivity index (χ3v) is 2.21. The molecule has 0 saturated carbocycles. The Morgan fingerprint density at radius 1 is 1.16 bits per heavy atom. The zero-order valence-electron chi connectivity index (χ0n) is 9.39. The molecule has 0 aliphatic carbocycles. The van der Waals surface area contributed by atoms with E-state index in [1.165, 1.54) is 36.8 Å². The van der Waals surface area contributed by atoms with Crippen LogP contribution in [0.4, 0.5) is 13.2 Å². The number of hydrogen-bond donors (Lipinski definition) is 0. The first-order valence-electron chi connectivity index (χ1n) is 5.13. The summed E-state index contributed by atoms with van der Waals surface area (Å²) in [6, 6.07) is 7.24. The van der Waals surface area contributed by atoms with Gasteiger partial charge in [0, 0.05) is 11.8 Å². The second kappa shape index (κ2) is 5.05. The molecule has 98 valence electrons. The Balaban J connectivity index is 2.40. The van der Waals surface area contributed by atoms with Crippen molar-refractivity contribution < 1.29 is 22.7 Å². The highest BCUT2D eigenvalue weighted by Crippen LogP contribution is 2.25. The van der Waals surface area contributed by atoms with E-state index in [9.17, 15) is 18.0 Å². The average Bonchev–Trinajstić information content (AvgIpc) is 2.38. The molecule has 0 aliphatic rings. The Kier molecular flexibility index (Phi) is 3.46. The lowest BCUT2D eigenvalue weighted by Gasteiger charge is -2.10. The summed E-state index contributed by atoms with van der Waals surface area (Å²) in [6.45, 7) is 0. The molecule has 1 aromatic heterocycles. The van der Waals surface area contributed by atoms with Crippen LogP contribution < -0.4 is 0 Å². The lowest BCUT2D eigenvalue weighted by atomic mass is 10.0. The van der Waals surface area contributed by atoms with Crippen LogP contribution in [-0.2, 0) is 4.74 Å². The number of rotatable bonds is 2. The van der Waals surface area contributed by atoms with Gasteiger partial charge in [0.2, 0.25) is 0 Å². The van der Waals surface area contributed by atoms with Gasteiger partial charge in [-0.25, -0.2) is 14.8 Å². The number of alkyl halides is 3. The third-order valence-electron chi connectivity index (χ3n) is 2.21. The third kappa shape index (κ3) is 3.27. The molecule has 0 saturated heterocycles. The summed E-state index contributed by atoms with van der Waals surface area (Å²) >= 11 is 0. The molecule has 1 heterocycles. The standard InChI is InChI=1S/C12H7F3N2O2/c13-12(14,15)19-11(18)9-4-2-1-3-8(9)10-5-6-16-7-17-10/h1-7H. The maximum atomic E-state index is 12.1. The van der Waals surface area contributed by atoms with Crippen molar-refractivity contribution in [2.24, 2.45) is 0 Å². The minimum Gasteiger partial charge on any atom is -0.369 e. The second-order valence-corrected chi connectivity index (χ2v) is 3.48. The largest absolute Gasteiger partial charge is 0.575 e. The number of aromatic nitrogens is 2. The van der Waals surface area contributed by atoms with Gasteiger partial charge in [0.05, 0.1) is 11.3 Å². The van der Waals surface area contributed by atoms with E-state index in [1.807, 2.05) is 0 Å². The van der Waals surface area contributed by atoms with E-state index < -0.39 is 12.3 Å². The van der Waals surface area contributed by atoms with Gasteiger partial charge in [-0.15, -0.1) is 13.2 Å². The van der Waals surface area contributed by atoms with Crippen molar-refractivity contribution in [3.63, 3.8) is 0 Å². The highest BCUT2D eigenvalue weighted by atomic mass is 19.4. The van der Waals surface area contributed by atoms with E-state index >= 15 is 0 Å². The van der Waals surface area contributed by atoms with E-state index in [-0.39, 0.29) is 11.1 Å². The first-order valence-corrected chi connectivity index (χ1v) is 5.13. The van der Waals surface area contributed by atoms with Gasteiger partial charge in [0.1, 0.15) is 6.33 Å². The van der Waals surface area contributed by atoms with Crippen molar-refractivity contribution in [2.75, 3.05) is 0 Å². The summed E-state index contributed by atoms with van der Waals surface area (Å²) in [5.41, 5.74) is 0.377. The summed E-state index contributed by atoms with van der Waals surface area (Å²) in [5, 5.41) is 0. The molecule has 2 aromatic rings. The van der Waals surface area contributed by atoms with E-state index in [0.717, 1.165) is 0 Å². The van der Waals surface area contributed by atoms with Crippen LogP contribution in [0.15, 0.2) is 42.9 Å². The Morgan fingerprint density at radius 3 is 2.53 bits per heavy atom. The van der Waals surface area contributed by atoms with Gasteiger partial charge in [-0.05, 0) is 12.1 Å². The molecule has 0 fully saturated rings. The van der Waals surface area contributed by atoms with Crippen molar-refractivity contribution in [3.05, 3.63) is 48.4 Å². The minimum absolute atomic E-state index is 0.210. The molecule has 4 nitrogen and oxygen atoms in total. The zero-order chi connectivity index (χ0) is 13.9. The lowest BCUT2D eigenvalue weighted by molar-refractivity contribution is -0.291. The van der Waals surface area contributed by atoms with Gasteiger partial charge in [-0.1, -0.05) is 18.2 Å². The van der Waals surface area contributed by atoms with Crippen LogP contribution in [0, 0.1) is 0 Å². The Labute approximate surface area is 105 Å². The van der Waals surface area contributed by atoms with Crippen LogP contribution in [0.3, 0.4) is 0 Å². The highest BCUT2D eigenvalue weighted by molar-refractivity contribution is 5.96. The number of ether oxygens (including phenoxy) is 1. The molecule has 7 heteroatoms. The fourth-order valence-electron chi connectivity index (χ4n) is 1.49. The molecule has 0 radical (unpaired) electrons. The molecule has 0 atom stereocenters. The molecular formula is C12H7F3N2O2. The normalized spacial score (nSPS) is 11.1. The second-order valence-electron chi connectivity index (χ2n) is 3.48. The van der Waals surface area contributed by atoms with Crippen LogP contribution >= 0.6 is 0 Å². The van der Waals surface area contributed by atoms with Crippen molar-refractivity contribution in [3.8, 4) is 11.3 Å². The molecule has 0 spiro atoms. The molecule has 2 rings (SSSR count). The fourth-order valence-corrected chi connectivity index (χ4v) is 1.49. The maximum Gasteiger partial charge on any atom is 0.575 e. The van der Waals surface area contributed by atoms with Crippen molar-refractivity contribution in [1.82, 2.24) is 9.97 Å². The van der Waals surface area contributed by atoms with Gasteiger partial charge in [-0.2, -0.15) is 0 Å². The Morgan fingerprint density at radius 2 is 1.89 bits per heavy atom. The predicted molar refractivity (Wildman–Crippen MR) is 58.9 cm³/mol. The number of esters is 1. The van der Waals surface area contributed by atoms with Crippen molar-refractivity contribution in [2.45, 2.75) is 6.36 Å². The van der Waals surface area contributed by atoms with Gasteiger partial charge in [-0.3, -0.25) is 0 Å². The van der Waals surface area contributed by atoms with Gasteiger partial charge >= 0.3 is 12.3 Å². The van der Waals surface area contributed by atoms with Crippen LogP contribution in [0.2, 0.25) is 0 Å². The SMILES string of the molecule is O=C(OC(F)(F)F)c1ccccc1-c1ccncn1. The molecule has 0 amide bonds. The van der Waals surface area contributed by atoms with E-state index in [2.05, 4.69) is 14.7 Å². The number of hydrogen-bond acceptors (Lipinski definition) is 4. The van der Waals surface area contributed by atoms with Crippen molar-refractivity contribution >= 4 is 5.97 Å². The lowest BCUT2D eigenvalue weighted by Crippen LogP contribution is -2.20. The summed E-state index contributed by atoms with van der Waals surface area (Å²) in [7, 11) is 0. The van der Waals surface area contributed by atoms with Gasteiger partial charge < -0.3 is 4.74 Å². The zero-order valence-corrected chi connectivity index (χ0v) is 9.39. The summed E-state index contributed by atoms with van der Waals surface area (Å²) < 4.78 is 39.6. The summed E-state index contributed by atoms with van der Waals surface area (Å²) in [6.07, 6.45) is -2.36. The molecule has 0 N–H and O–H groups in total. The smallest absolute Gasteiger partial charge is 0.369 e. The Hall–Kier alpha value is -2.44. The van der Waals surface area contributed by atoms with Crippen LogP contribution in [0.5, 0.6) is 0 Å². The van der Waals surface area contributed by atoms with E-state index in [0.29, 0.717) is 5.69 Å². The highest BCUT2D eigenvalue weighted by Gasteiger charge is 2.35. The fraction of sp³-hybridized carbons (Fsp3) is 0.0833. The molecule has 0 bridgehead atoms. The number of carbonyl (C=O) groups is 1. The molecule has 19 heavy (non-hydrogen) atoms. The summed E-state index contributed by atoms with van der Waals surface area (Å²) in [4.78, 5) is 19.1. The molecule has 1 aromatic carbocycles.